The number of nitrogens with zero attached hydrogens (tertiary/aromatic N) is 2. The maximum Gasteiger partial charge on any atom is 0.173 e. The molecule has 2 heterocycles. The SMILES string of the molecule is Cn1c(CNC2C=CS(=O)(=O)C2)nc2ccccc21. The second-order valence-corrected chi connectivity index (χ2v) is 6.65. The molecule has 6 heteroatoms. The molecule has 0 radical (unpaired) electrons. The zero-order valence-corrected chi connectivity index (χ0v) is 11.4. The lowest BCUT2D eigenvalue weighted by Crippen LogP contribution is -2.30. The van der Waals surface area contributed by atoms with Gasteiger partial charge >= 0.3 is 0 Å². The molecule has 1 atom stereocenters. The first-order chi connectivity index (χ1) is 9.05. The first kappa shape index (κ1) is 12.4. The average molecular weight is 277 g/mol. The number of sulfone groups is 1. The molecular formula is C13H15N3O2S. The van der Waals surface area contributed by atoms with E-state index in [1.165, 1.54) is 5.41 Å². The smallest absolute Gasteiger partial charge is 0.173 e. The summed E-state index contributed by atoms with van der Waals surface area (Å²) in [6.45, 7) is 0.551. The van der Waals surface area contributed by atoms with E-state index in [4.69, 9.17) is 0 Å². The molecule has 1 aliphatic heterocycles. The molecule has 0 aliphatic carbocycles. The molecule has 19 heavy (non-hydrogen) atoms. The van der Waals surface area contributed by atoms with Gasteiger partial charge in [-0.2, -0.15) is 0 Å². The van der Waals surface area contributed by atoms with Crippen LogP contribution in [-0.4, -0.2) is 29.8 Å². The van der Waals surface area contributed by atoms with E-state index in [1.54, 1.807) is 6.08 Å². The van der Waals surface area contributed by atoms with Gasteiger partial charge in [0.15, 0.2) is 9.84 Å². The lowest BCUT2D eigenvalue weighted by atomic mass is 10.3. The Labute approximate surface area is 111 Å². The summed E-state index contributed by atoms with van der Waals surface area (Å²) in [5, 5.41) is 4.48. The number of hydrogen-bond acceptors (Lipinski definition) is 4. The minimum absolute atomic E-state index is 0.121. The van der Waals surface area contributed by atoms with Gasteiger partial charge in [0, 0.05) is 18.5 Å². The highest BCUT2D eigenvalue weighted by molar-refractivity contribution is 7.94. The van der Waals surface area contributed by atoms with Crippen molar-refractivity contribution in [3.8, 4) is 0 Å². The first-order valence-electron chi connectivity index (χ1n) is 6.10. The topological polar surface area (TPSA) is 64.0 Å². The Kier molecular flexibility index (Phi) is 2.91. The average Bonchev–Trinajstić information content (AvgIpc) is 2.88. The van der Waals surface area contributed by atoms with Crippen LogP contribution >= 0.6 is 0 Å². The van der Waals surface area contributed by atoms with Gasteiger partial charge in [0.2, 0.25) is 0 Å². The minimum atomic E-state index is -3.00. The maximum absolute atomic E-state index is 11.3. The van der Waals surface area contributed by atoms with Crippen molar-refractivity contribution in [1.82, 2.24) is 14.9 Å². The van der Waals surface area contributed by atoms with Gasteiger partial charge in [-0.25, -0.2) is 13.4 Å². The number of para-hydroxylation sites is 2. The van der Waals surface area contributed by atoms with Crippen LogP contribution < -0.4 is 5.32 Å². The Balaban J connectivity index is 1.76. The van der Waals surface area contributed by atoms with Gasteiger partial charge in [0.1, 0.15) is 5.82 Å². The molecule has 0 fully saturated rings. The third-order valence-corrected chi connectivity index (χ3v) is 4.73. The van der Waals surface area contributed by atoms with Crippen LogP contribution in [-0.2, 0) is 23.4 Å². The van der Waals surface area contributed by atoms with E-state index in [2.05, 4.69) is 10.3 Å². The fraction of sp³-hybridized carbons (Fsp3) is 0.308. The summed E-state index contributed by atoms with van der Waals surface area (Å²) in [6, 6.07) is 7.81. The van der Waals surface area contributed by atoms with Crippen LogP contribution in [0.1, 0.15) is 5.82 Å². The second-order valence-electron chi connectivity index (χ2n) is 4.72. The molecule has 5 nitrogen and oxygen atoms in total. The molecule has 0 spiro atoms. The lowest BCUT2D eigenvalue weighted by Gasteiger charge is -2.09. The van der Waals surface area contributed by atoms with E-state index in [0.29, 0.717) is 6.54 Å². The van der Waals surface area contributed by atoms with Gasteiger partial charge in [-0.1, -0.05) is 18.2 Å². The molecule has 0 bridgehead atoms. The van der Waals surface area contributed by atoms with Gasteiger partial charge in [0.25, 0.3) is 0 Å². The number of rotatable bonds is 3. The molecule has 0 amide bonds. The molecule has 2 aromatic rings. The molecule has 0 saturated carbocycles. The Bertz CT molecular complexity index is 746. The van der Waals surface area contributed by atoms with E-state index in [0.717, 1.165) is 16.9 Å². The van der Waals surface area contributed by atoms with Crippen LogP contribution in [0.5, 0.6) is 0 Å². The van der Waals surface area contributed by atoms with Gasteiger partial charge < -0.3 is 9.88 Å². The fourth-order valence-corrected chi connectivity index (χ4v) is 3.55. The lowest BCUT2D eigenvalue weighted by molar-refractivity contribution is 0.580. The number of aromatic nitrogens is 2. The normalized spacial score (nSPS) is 21.2. The first-order valence-corrected chi connectivity index (χ1v) is 7.81. The number of benzene rings is 1. The summed E-state index contributed by atoms with van der Waals surface area (Å²) < 4.78 is 24.6. The van der Waals surface area contributed by atoms with Crippen molar-refractivity contribution < 1.29 is 8.42 Å². The van der Waals surface area contributed by atoms with E-state index in [9.17, 15) is 8.42 Å². The van der Waals surface area contributed by atoms with E-state index in [1.807, 2.05) is 35.9 Å². The third-order valence-electron chi connectivity index (χ3n) is 3.33. The summed E-state index contributed by atoms with van der Waals surface area (Å²) >= 11 is 0. The second kappa shape index (κ2) is 4.47. The van der Waals surface area contributed by atoms with E-state index in [-0.39, 0.29) is 11.8 Å². The highest BCUT2D eigenvalue weighted by Gasteiger charge is 2.21. The Morgan fingerprint density at radius 3 is 2.89 bits per heavy atom. The van der Waals surface area contributed by atoms with Crippen LogP contribution in [0.2, 0.25) is 0 Å². The van der Waals surface area contributed by atoms with Crippen molar-refractivity contribution in [2.24, 2.45) is 7.05 Å². The molecule has 1 aromatic carbocycles. The Morgan fingerprint density at radius 2 is 2.21 bits per heavy atom. The summed E-state index contributed by atoms with van der Waals surface area (Å²) in [7, 11) is -1.04. The summed E-state index contributed by atoms with van der Waals surface area (Å²) in [5.74, 6) is 1.04. The van der Waals surface area contributed by atoms with Crippen molar-refractivity contribution in [2.45, 2.75) is 12.6 Å². The number of aryl methyl sites for hydroxylation is 1. The fourth-order valence-electron chi connectivity index (χ4n) is 2.28. The molecule has 0 saturated heterocycles. The van der Waals surface area contributed by atoms with Crippen molar-refractivity contribution in [2.75, 3.05) is 5.75 Å². The van der Waals surface area contributed by atoms with Gasteiger partial charge in [0.05, 0.1) is 23.3 Å². The van der Waals surface area contributed by atoms with Crippen LogP contribution in [0.4, 0.5) is 0 Å². The molecular weight excluding hydrogens is 262 g/mol. The van der Waals surface area contributed by atoms with Gasteiger partial charge in [-0.15, -0.1) is 0 Å². The summed E-state index contributed by atoms with van der Waals surface area (Å²) in [6.07, 6.45) is 1.69. The summed E-state index contributed by atoms with van der Waals surface area (Å²) in [4.78, 5) is 4.54. The molecule has 1 N–H and O–H groups in total. The van der Waals surface area contributed by atoms with Crippen LogP contribution in [0.3, 0.4) is 0 Å². The van der Waals surface area contributed by atoms with Gasteiger partial charge in [-0.3, -0.25) is 0 Å². The molecule has 3 rings (SSSR count). The molecule has 1 aromatic heterocycles. The van der Waals surface area contributed by atoms with Crippen molar-refractivity contribution >= 4 is 20.9 Å². The predicted octanol–water partition coefficient (Wildman–Crippen LogP) is 0.974. The molecule has 1 unspecified atom stereocenters. The van der Waals surface area contributed by atoms with Gasteiger partial charge in [-0.05, 0) is 12.1 Å². The third kappa shape index (κ3) is 2.41. The van der Waals surface area contributed by atoms with Crippen LogP contribution in [0.25, 0.3) is 11.0 Å². The molecule has 100 valence electrons. The Hall–Kier alpha value is -1.66. The van der Waals surface area contributed by atoms with E-state index >= 15 is 0 Å². The maximum atomic E-state index is 11.3. The number of hydrogen-bond donors (Lipinski definition) is 1. The zero-order chi connectivity index (χ0) is 13.5. The zero-order valence-electron chi connectivity index (χ0n) is 10.6. The predicted molar refractivity (Wildman–Crippen MR) is 74.3 cm³/mol. The number of fused-ring (bicyclic) bond motifs is 1. The summed E-state index contributed by atoms with van der Waals surface area (Å²) in [5.41, 5.74) is 2.03. The van der Waals surface area contributed by atoms with Crippen molar-refractivity contribution in [3.63, 3.8) is 0 Å². The van der Waals surface area contributed by atoms with E-state index < -0.39 is 9.84 Å². The highest BCUT2D eigenvalue weighted by atomic mass is 32.2. The quantitative estimate of drug-likeness (QED) is 0.908. The monoisotopic (exact) mass is 277 g/mol. The molecule has 1 aliphatic rings. The standard InChI is InChI=1S/C13H15N3O2S/c1-16-12-5-3-2-4-11(12)15-13(16)8-14-10-6-7-19(17,18)9-10/h2-7,10,14H,8-9H2,1H3. The highest BCUT2D eigenvalue weighted by Crippen LogP contribution is 2.15. The van der Waals surface area contributed by atoms with Crippen molar-refractivity contribution in [3.05, 3.63) is 41.6 Å². The minimum Gasteiger partial charge on any atom is -0.330 e. The van der Waals surface area contributed by atoms with Crippen LogP contribution in [0, 0.1) is 0 Å². The number of imidazole rings is 1. The van der Waals surface area contributed by atoms with Crippen molar-refractivity contribution in [1.29, 1.82) is 0 Å². The largest absolute Gasteiger partial charge is 0.330 e. The Morgan fingerprint density at radius 1 is 1.42 bits per heavy atom. The van der Waals surface area contributed by atoms with Crippen LogP contribution in [0.15, 0.2) is 35.7 Å². The number of nitrogens with one attached hydrogen (secondary N) is 1.